The van der Waals surface area contributed by atoms with E-state index < -0.39 is 6.61 Å². The molecule has 0 saturated heterocycles. The largest absolute Gasteiger partial charge is 0.433 e. The standard InChI is InChI=1S/C11H15F2N3O/c1-2-7-15-11(14)16-8-5-3-4-6-9(8)17-10(12)13/h3-6,10H,2,7H2,1H3,(H3,14,15,16). The second-order valence-electron chi connectivity index (χ2n) is 3.27. The van der Waals surface area contributed by atoms with E-state index in [0.29, 0.717) is 12.2 Å². The van der Waals surface area contributed by atoms with E-state index in [4.69, 9.17) is 5.73 Å². The van der Waals surface area contributed by atoms with Gasteiger partial charge in [-0.05, 0) is 18.6 Å². The molecular formula is C11H15F2N3O. The van der Waals surface area contributed by atoms with Gasteiger partial charge in [0, 0.05) is 6.54 Å². The summed E-state index contributed by atoms with van der Waals surface area (Å²) in [6, 6.07) is 6.31. The van der Waals surface area contributed by atoms with Crippen molar-refractivity contribution in [1.29, 1.82) is 0 Å². The maximum absolute atomic E-state index is 12.1. The molecule has 0 aliphatic carbocycles. The second kappa shape index (κ2) is 6.67. The molecule has 6 heteroatoms. The van der Waals surface area contributed by atoms with Gasteiger partial charge in [0.1, 0.15) is 5.75 Å². The molecule has 0 spiro atoms. The summed E-state index contributed by atoms with van der Waals surface area (Å²) in [6.45, 7) is -0.326. The van der Waals surface area contributed by atoms with E-state index in [1.807, 2.05) is 6.92 Å². The summed E-state index contributed by atoms with van der Waals surface area (Å²) in [5.41, 5.74) is 5.95. The van der Waals surface area contributed by atoms with E-state index in [1.54, 1.807) is 18.2 Å². The Balaban J connectivity index is 2.76. The Morgan fingerprint density at radius 3 is 2.82 bits per heavy atom. The smallest absolute Gasteiger partial charge is 0.387 e. The lowest BCUT2D eigenvalue weighted by Crippen LogP contribution is -2.23. The molecule has 0 radical (unpaired) electrons. The van der Waals surface area contributed by atoms with E-state index in [1.165, 1.54) is 6.07 Å². The molecule has 4 nitrogen and oxygen atoms in total. The van der Waals surface area contributed by atoms with Crippen LogP contribution in [0.3, 0.4) is 0 Å². The van der Waals surface area contributed by atoms with Crippen molar-refractivity contribution in [2.75, 3.05) is 11.9 Å². The number of nitrogens with two attached hydrogens (primary N) is 1. The van der Waals surface area contributed by atoms with Crippen molar-refractivity contribution in [3.63, 3.8) is 0 Å². The van der Waals surface area contributed by atoms with Gasteiger partial charge in [0.05, 0.1) is 5.69 Å². The quantitative estimate of drug-likeness (QED) is 0.616. The molecule has 1 rings (SSSR count). The fourth-order valence-electron chi connectivity index (χ4n) is 1.18. The first-order chi connectivity index (χ1) is 8.13. The highest BCUT2D eigenvalue weighted by molar-refractivity contribution is 5.93. The van der Waals surface area contributed by atoms with Crippen LogP contribution in [0.1, 0.15) is 13.3 Å². The third-order valence-electron chi connectivity index (χ3n) is 1.87. The molecular weight excluding hydrogens is 228 g/mol. The van der Waals surface area contributed by atoms with Gasteiger partial charge in [-0.1, -0.05) is 19.1 Å². The van der Waals surface area contributed by atoms with E-state index in [2.05, 4.69) is 15.0 Å². The van der Waals surface area contributed by atoms with Crippen LogP contribution in [0.25, 0.3) is 0 Å². The van der Waals surface area contributed by atoms with Gasteiger partial charge < -0.3 is 15.8 Å². The van der Waals surface area contributed by atoms with Crippen LogP contribution >= 0.6 is 0 Å². The van der Waals surface area contributed by atoms with Crippen molar-refractivity contribution in [2.24, 2.45) is 10.7 Å². The summed E-state index contributed by atoms with van der Waals surface area (Å²) in [6.07, 6.45) is 0.859. The molecule has 0 saturated carbocycles. The zero-order chi connectivity index (χ0) is 12.7. The molecule has 0 bridgehead atoms. The van der Waals surface area contributed by atoms with Crippen LogP contribution in [0.5, 0.6) is 5.75 Å². The van der Waals surface area contributed by atoms with Gasteiger partial charge in [-0.25, -0.2) is 0 Å². The summed E-state index contributed by atoms with van der Waals surface area (Å²) >= 11 is 0. The average molecular weight is 243 g/mol. The Morgan fingerprint density at radius 2 is 2.18 bits per heavy atom. The predicted molar refractivity (Wildman–Crippen MR) is 63.5 cm³/mol. The van der Waals surface area contributed by atoms with Crippen molar-refractivity contribution >= 4 is 11.6 Å². The van der Waals surface area contributed by atoms with Crippen LogP contribution in [-0.2, 0) is 0 Å². The van der Waals surface area contributed by atoms with Gasteiger partial charge in [0.2, 0.25) is 0 Å². The minimum absolute atomic E-state index is 0.0390. The lowest BCUT2D eigenvalue weighted by Gasteiger charge is -2.11. The lowest BCUT2D eigenvalue weighted by atomic mass is 10.3. The molecule has 0 heterocycles. The van der Waals surface area contributed by atoms with E-state index in [-0.39, 0.29) is 11.7 Å². The number of nitrogens with zero attached hydrogens (tertiary/aromatic N) is 1. The molecule has 0 aromatic heterocycles. The van der Waals surface area contributed by atoms with Gasteiger partial charge in [-0.15, -0.1) is 0 Å². The Hall–Kier alpha value is -1.85. The first kappa shape index (κ1) is 13.2. The SMILES string of the molecule is CCCN=C(N)Nc1ccccc1OC(F)F. The number of ether oxygens (including phenoxy) is 1. The average Bonchev–Trinajstić information content (AvgIpc) is 2.28. The van der Waals surface area contributed by atoms with Gasteiger partial charge in [0.25, 0.3) is 0 Å². The predicted octanol–water partition coefficient (Wildman–Crippen LogP) is 2.42. The van der Waals surface area contributed by atoms with Crippen LogP contribution in [0, 0.1) is 0 Å². The number of anilines is 1. The van der Waals surface area contributed by atoms with Gasteiger partial charge in [-0.2, -0.15) is 8.78 Å². The molecule has 0 fully saturated rings. The van der Waals surface area contributed by atoms with Crippen LogP contribution in [0.4, 0.5) is 14.5 Å². The number of alkyl halides is 2. The fourth-order valence-corrected chi connectivity index (χ4v) is 1.18. The van der Waals surface area contributed by atoms with Gasteiger partial charge >= 0.3 is 6.61 Å². The molecule has 0 aliphatic heterocycles. The zero-order valence-corrected chi connectivity index (χ0v) is 9.49. The number of hydrogen-bond acceptors (Lipinski definition) is 2. The Bertz CT molecular complexity index is 383. The van der Waals surface area contributed by atoms with Crippen LogP contribution in [0.2, 0.25) is 0 Å². The monoisotopic (exact) mass is 243 g/mol. The van der Waals surface area contributed by atoms with Crippen LogP contribution in [0.15, 0.2) is 29.3 Å². The number of halogens is 2. The molecule has 1 aromatic carbocycles. The molecule has 1 aromatic rings. The number of benzene rings is 1. The Morgan fingerprint density at radius 1 is 1.47 bits per heavy atom. The van der Waals surface area contributed by atoms with E-state index in [0.717, 1.165) is 6.42 Å². The third kappa shape index (κ3) is 4.67. The minimum Gasteiger partial charge on any atom is -0.433 e. The zero-order valence-electron chi connectivity index (χ0n) is 9.49. The van der Waals surface area contributed by atoms with Crippen molar-refractivity contribution in [2.45, 2.75) is 20.0 Å². The van der Waals surface area contributed by atoms with Crippen LogP contribution in [-0.4, -0.2) is 19.1 Å². The fraction of sp³-hybridized carbons (Fsp3) is 0.364. The number of nitrogens with one attached hydrogen (secondary N) is 1. The molecule has 94 valence electrons. The first-order valence-corrected chi connectivity index (χ1v) is 5.24. The molecule has 0 unspecified atom stereocenters. The normalized spacial score (nSPS) is 11.6. The number of aliphatic imine (C=N–C) groups is 1. The maximum atomic E-state index is 12.1. The first-order valence-electron chi connectivity index (χ1n) is 5.24. The third-order valence-corrected chi connectivity index (χ3v) is 1.87. The summed E-state index contributed by atoms with van der Waals surface area (Å²) < 4.78 is 28.6. The highest BCUT2D eigenvalue weighted by Gasteiger charge is 2.09. The van der Waals surface area contributed by atoms with Crippen molar-refractivity contribution < 1.29 is 13.5 Å². The Labute approximate surface area is 98.5 Å². The van der Waals surface area contributed by atoms with Gasteiger partial charge in [-0.3, -0.25) is 4.99 Å². The van der Waals surface area contributed by atoms with Gasteiger partial charge in [0.15, 0.2) is 5.96 Å². The molecule has 3 N–H and O–H groups in total. The van der Waals surface area contributed by atoms with Crippen molar-refractivity contribution in [3.05, 3.63) is 24.3 Å². The maximum Gasteiger partial charge on any atom is 0.387 e. The van der Waals surface area contributed by atoms with E-state index >= 15 is 0 Å². The van der Waals surface area contributed by atoms with Crippen LogP contribution < -0.4 is 15.8 Å². The van der Waals surface area contributed by atoms with E-state index in [9.17, 15) is 8.78 Å². The topological polar surface area (TPSA) is 59.6 Å². The summed E-state index contributed by atoms with van der Waals surface area (Å²) in [7, 11) is 0. The highest BCUT2D eigenvalue weighted by Crippen LogP contribution is 2.25. The summed E-state index contributed by atoms with van der Waals surface area (Å²) in [5.74, 6) is 0.217. The van der Waals surface area contributed by atoms with Crippen molar-refractivity contribution in [3.8, 4) is 5.75 Å². The molecule has 17 heavy (non-hydrogen) atoms. The van der Waals surface area contributed by atoms with Crippen molar-refractivity contribution in [1.82, 2.24) is 0 Å². The lowest BCUT2D eigenvalue weighted by molar-refractivity contribution is -0.0493. The highest BCUT2D eigenvalue weighted by atomic mass is 19.3. The molecule has 0 amide bonds. The number of guanidine groups is 1. The molecule has 0 atom stereocenters. The summed E-state index contributed by atoms with van der Waals surface area (Å²) in [5, 5.41) is 2.72. The minimum atomic E-state index is -2.87. The number of para-hydroxylation sites is 2. The second-order valence-corrected chi connectivity index (χ2v) is 3.27. The number of rotatable bonds is 5. The number of hydrogen-bond donors (Lipinski definition) is 2. The summed E-state index contributed by atoms with van der Waals surface area (Å²) in [4.78, 5) is 4.00. The molecule has 0 aliphatic rings. The Kier molecular flexibility index (Phi) is 5.19.